The highest BCUT2D eigenvalue weighted by molar-refractivity contribution is 5.34. The molecule has 144 valence electrons. The molecule has 2 aromatic carbocycles. The van der Waals surface area contributed by atoms with Crippen LogP contribution in [-0.2, 0) is 12.0 Å². The summed E-state index contributed by atoms with van der Waals surface area (Å²) in [6, 6.07) is 17.4. The first-order valence-corrected chi connectivity index (χ1v) is 10.3. The zero-order valence-corrected chi connectivity index (χ0v) is 16.9. The Bertz CT molecular complexity index is 804. The van der Waals surface area contributed by atoms with Crippen LogP contribution in [0.25, 0.3) is 0 Å². The number of phenols is 1. The molecule has 1 N–H and O–H groups in total. The monoisotopic (exact) mass is 364 g/mol. The molecule has 2 aliphatic rings. The lowest BCUT2D eigenvalue weighted by Gasteiger charge is -2.53. The van der Waals surface area contributed by atoms with Crippen molar-refractivity contribution in [2.45, 2.75) is 45.2 Å². The lowest BCUT2D eigenvalue weighted by atomic mass is 9.65. The van der Waals surface area contributed by atoms with Gasteiger partial charge in [-0.05, 0) is 47.9 Å². The van der Waals surface area contributed by atoms with Gasteiger partial charge in [0.25, 0.3) is 0 Å². The maximum Gasteiger partial charge on any atom is 0.115 e. The van der Waals surface area contributed by atoms with Gasteiger partial charge in [0.05, 0.1) is 0 Å². The first-order valence-electron chi connectivity index (χ1n) is 10.3. The minimum absolute atomic E-state index is 0.117. The number of benzene rings is 2. The third-order valence-electron chi connectivity index (χ3n) is 6.94. The largest absolute Gasteiger partial charge is 0.508 e. The number of phenolic OH excluding ortho intramolecular Hbond substituents is 1. The van der Waals surface area contributed by atoms with Crippen LogP contribution < -0.4 is 0 Å². The van der Waals surface area contributed by atoms with E-state index in [-0.39, 0.29) is 5.41 Å². The number of aryl methyl sites for hydroxylation is 1. The third-order valence-corrected chi connectivity index (χ3v) is 6.94. The third kappa shape index (κ3) is 3.76. The van der Waals surface area contributed by atoms with Crippen molar-refractivity contribution in [1.29, 1.82) is 0 Å². The molecule has 27 heavy (non-hydrogen) atoms. The van der Waals surface area contributed by atoms with Gasteiger partial charge < -0.3 is 5.11 Å². The van der Waals surface area contributed by atoms with Crippen LogP contribution >= 0.6 is 0 Å². The maximum absolute atomic E-state index is 9.99. The lowest BCUT2D eigenvalue weighted by Crippen LogP contribution is -2.60. The van der Waals surface area contributed by atoms with E-state index in [2.05, 4.69) is 60.9 Å². The van der Waals surface area contributed by atoms with Crippen LogP contribution in [0.2, 0.25) is 0 Å². The van der Waals surface area contributed by atoms with Crippen molar-refractivity contribution >= 4 is 0 Å². The molecule has 3 heteroatoms. The van der Waals surface area contributed by atoms with Crippen molar-refractivity contribution in [2.24, 2.45) is 5.92 Å². The fraction of sp³-hybridized carbons (Fsp3) is 0.500. The predicted octanol–water partition coefficient (Wildman–Crippen LogP) is 4.18. The van der Waals surface area contributed by atoms with E-state index in [0.717, 1.165) is 39.1 Å². The number of rotatable bonds is 3. The average Bonchev–Trinajstić information content (AvgIpc) is 2.63. The van der Waals surface area contributed by atoms with Crippen LogP contribution in [0.5, 0.6) is 5.75 Å². The van der Waals surface area contributed by atoms with Crippen LogP contribution in [-0.4, -0.2) is 47.1 Å². The molecule has 0 saturated carbocycles. The molecular formula is C24H32N2O. The highest BCUT2D eigenvalue weighted by Gasteiger charge is 2.44. The molecule has 3 unspecified atom stereocenters. The molecule has 2 fully saturated rings. The van der Waals surface area contributed by atoms with Gasteiger partial charge in [-0.2, -0.15) is 0 Å². The smallest absolute Gasteiger partial charge is 0.115 e. The zero-order valence-electron chi connectivity index (χ0n) is 16.9. The van der Waals surface area contributed by atoms with E-state index >= 15 is 0 Å². The first kappa shape index (κ1) is 18.5. The summed E-state index contributed by atoms with van der Waals surface area (Å²) >= 11 is 0. The quantitative estimate of drug-likeness (QED) is 0.885. The lowest BCUT2D eigenvalue weighted by molar-refractivity contribution is -0.00558. The minimum atomic E-state index is 0.117. The second kappa shape index (κ2) is 7.29. The summed E-state index contributed by atoms with van der Waals surface area (Å²) in [7, 11) is 0. The molecular weight excluding hydrogens is 332 g/mol. The number of nitrogens with zero attached hydrogens (tertiary/aromatic N) is 2. The Morgan fingerprint density at radius 2 is 1.89 bits per heavy atom. The number of fused-ring (bicyclic) bond motifs is 1. The fourth-order valence-electron chi connectivity index (χ4n) is 5.11. The Kier molecular flexibility index (Phi) is 5.00. The van der Waals surface area contributed by atoms with Crippen molar-refractivity contribution in [3.8, 4) is 5.75 Å². The standard InChI is InChI=1S/C24H32N2O/c1-18-6-4-7-20(12-18)16-25-10-11-26-15-19(2)24(3,14-22(26)17-25)21-8-5-9-23(27)13-21/h4-9,12-13,19,22,27H,10-11,14-17H2,1-3H3. The molecule has 4 rings (SSSR count). The summed E-state index contributed by atoms with van der Waals surface area (Å²) in [5.41, 5.74) is 4.16. The van der Waals surface area contributed by atoms with Crippen LogP contribution in [0.3, 0.4) is 0 Å². The van der Waals surface area contributed by atoms with E-state index in [1.165, 1.54) is 16.7 Å². The van der Waals surface area contributed by atoms with Crippen molar-refractivity contribution in [3.63, 3.8) is 0 Å². The summed E-state index contributed by atoms with van der Waals surface area (Å²) in [6.45, 7) is 12.6. The van der Waals surface area contributed by atoms with Gasteiger partial charge in [0.1, 0.15) is 5.75 Å². The van der Waals surface area contributed by atoms with Crippen LogP contribution in [0.1, 0.15) is 37.0 Å². The summed E-state index contributed by atoms with van der Waals surface area (Å²) in [4.78, 5) is 5.32. The Balaban J connectivity index is 1.50. The Morgan fingerprint density at radius 1 is 1.07 bits per heavy atom. The number of aromatic hydroxyl groups is 1. The van der Waals surface area contributed by atoms with E-state index in [9.17, 15) is 5.11 Å². The summed E-state index contributed by atoms with van der Waals surface area (Å²) in [6.07, 6.45) is 1.15. The first-order chi connectivity index (χ1) is 12.9. The van der Waals surface area contributed by atoms with Crippen molar-refractivity contribution < 1.29 is 5.11 Å². The second-order valence-electron chi connectivity index (χ2n) is 8.95. The minimum Gasteiger partial charge on any atom is -0.508 e. The fourth-order valence-corrected chi connectivity index (χ4v) is 5.11. The van der Waals surface area contributed by atoms with Gasteiger partial charge in [-0.1, -0.05) is 55.8 Å². The summed E-state index contributed by atoms with van der Waals surface area (Å²) in [5.74, 6) is 0.965. The van der Waals surface area contributed by atoms with E-state index < -0.39 is 0 Å². The molecule has 0 aromatic heterocycles. The number of hydrogen-bond donors (Lipinski definition) is 1. The van der Waals surface area contributed by atoms with Crippen molar-refractivity contribution in [2.75, 3.05) is 26.2 Å². The highest BCUT2D eigenvalue weighted by Crippen LogP contribution is 2.43. The van der Waals surface area contributed by atoms with Crippen molar-refractivity contribution in [1.82, 2.24) is 9.80 Å². The SMILES string of the molecule is Cc1cccc(CN2CCN3CC(C)C(C)(c4cccc(O)c4)CC3C2)c1. The average molecular weight is 365 g/mol. The second-order valence-corrected chi connectivity index (χ2v) is 8.95. The molecule has 0 radical (unpaired) electrons. The van der Waals surface area contributed by atoms with Gasteiger partial charge in [0, 0.05) is 38.8 Å². The molecule has 3 nitrogen and oxygen atoms in total. The van der Waals surface area contributed by atoms with E-state index in [1.807, 2.05) is 12.1 Å². The Hall–Kier alpha value is -1.84. The van der Waals surface area contributed by atoms with Crippen LogP contribution in [0, 0.1) is 12.8 Å². The van der Waals surface area contributed by atoms with Gasteiger partial charge in [-0.25, -0.2) is 0 Å². The van der Waals surface area contributed by atoms with Crippen molar-refractivity contribution in [3.05, 3.63) is 65.2 Å². The molecule has 3 atom stereocenters. The molecule has 2 aromatic rings. The van der Waals surface area contributed by atoms with E-state index in [1.54, 1.807) is 6.07 Å². The number of hydrogen-bond acceptors (Lipinski definition) is 3. The van der Waals surface area contributed by atoms with Crippen LogP contribution in [0.15, 0.2) is 48.5 Å². The van der Waals surface area contributed by atoms with E-state index in [4.69, 9.17) is 0 Å². The zero-order chi connectivity index (χ0) is 19.0. The van der Waals surface area contributed by atoms with Gasteiger partial charge in [-0.15, -0.1) is 0 Å². The topological polar surface area (TPSA) is 26.7 Å². The predicted molar refractivity (Wildman–Crippen MR) is 111 cm³/mol. The molecule has 2 saturated heterocycles. The Morgan fingerprint density at radius 3 is 2.67 bits per heavy atom. The molecule has 0 spiro atoms. The normalized spacial score (nSPS) is 29.4. The van der Waals surface area contributed by atoms with Crippen LogP contribution in [0.4, 0.5) is 0 Å². The number of piperidine rings is 1. The highest BCUT2D eigenvalue weighted by atomic mass is 16.3. The molecule has 0 aliphatic carbocycles. The van der Waals surface area contributed by atoms with Gasteiger partial charge in [0.2, 0.25) is 0 Å². The molecule has 2 heterocycles. The van der Waals surface area contributed by atoms with Gasteiger partial charge >= 0.3 is 0 Å². The number of piperazine rings is 1. The summed E-state index contributed by atoms with van der Waals surface area (Å²) < 4.78 is 0. The van der Waals surface area contributed by atoms with Gasteiger partial charge in [-0.3, -0.25) is 9.80 Å². The van der Waals surface area contributed by atoms with Gasteiger partial charge in [0.15, 0.2) is 0 Å². The van der Waals surface area contributed by atoms with E-state index in [0.29, 0.717) is 17.7 Å². The molecule has 2 aliphatic heterocycles. The maximum atomic E-state index is 9.99. The summed E-state index contributed by atoms with van der Waals surface area (Å²) in [5, 5.41) is 9.99. The molecule has 0 bridgehead atoms. The molecule has 0 amide bonds. The Labute approximate surface area is 163 Å².